The van der Waals surface area contributed by atoms with E-state index < -0.39 is 43.7 Å². The second-order valence-corrected chi connectivity index (χ2v) is 20.2. The van der Waals surface area contributed by atoms with E-state index in [-0.39, 0.29) is 38.3 Å². The van der Waals surface area contributed by atoms with Gasteiger partial charge in [-0.05, 0) is 103 Å². The van der Waals surface area contributed by atoms with Gasteiger partial charge in [0.05, 0.1) is 32.2 Å². The van der Waals surface area contributed by atoms with Gasteiger partial charge in [0.2, 0.25) is 0 Å². The number of rotatable bonds is 14. The molecule has 3 aliphatic rings. The number of nitro groups is 1. The number of fused-ring (bicyclic) bond motifs is 1. The fraction of sp³-hybridized carbons (Fsp3) is 0.404. The molecule has 2 aliphatic heterocycles. The van der Waals surface area contributed by atoms with Crippen molar-refractivity contribution in [1.29, 1.82) is 0 Å². The Hall–Kier alpha value is -5.49. The summed E-state index contributed by atoms with van der Waals surface area (Å²) in [6, 6.07) is 16.3. The number of alkyl halides is 3. The van der Waals surface area contributed by atoms with E-state index in [1.807, 2.05) is 6.07 Å². The number of ether oxygens (including phenoxy) is 2. The standard InChI is InChI=1S/C47H50ClF3N6O7S/c1-46(2)13-9-33(38(25-46)31-3-7-40(48)39(22-31)47(49,50)51)28-55-15-17-56(18-16-55)34-4-6-37(44(23-34)64-35-21-32-10-14-52-45(32)54-27-35)43(58)29-65(61,62)36-5-8-41(42(24-36)57(59)60)53-26-30-11-19-63-20-12-30/h3-8,10,14,21-24,27,30,53H,9,11-13,15-20,25-26,28-29H2,1-2H3,(H,52,54). The molecule has 0 atom stereocenters. The molecule has 2 fully saturated rings. The number of aromatic amines is 1. The van der Waals surface area contributed by atoms with Gasteiger partial charge in [-0.25, -0.2) is 13.4 Å². The van der Waals surface area contributed by atoms with Crippen LogP contribution in [0.25, 0.3) is 16.6 Å². The smallest absolute Gasteiger partial charge is 0.417 e. The molecule has 2 saturated heterocycles. The molecular formula is C47H50ClF3N6O7S. The van der Waals surface area contributed by atoms with Crippen molar-refractivity contribution in [3.05, 3.63) is 117 Å². The third kappa shape index (κ3) is 10.8. The Kier molecular flexibility index (Phi) is 13.3. The number of H-pyrrole nitrogens is 1. The predicted octanol–water partition coefficient (Wildman–Crippen LogP) is 10.2. The van der Waals surface area contributed by atoms with Crippen LogP contribution in [0.3, 0.4) is 0 Å². The summed E-state index contributed by atoms with van der Waals surface area (Å²) in [5.74, 6) is -1.04. The maximum atomic E-state index is 14.0. The highest BCUT2D eigenvalue weighted by atomic mass is 35.5. The van der Waals surface area contributed by atoms with Crippen LogP contribution in [0, 0.1) is 21.4 Å². The minimum Gasteiger partial charge on any atom is -0.455 e. The molecule has 0 amide bonds. The molecule has 5 aromatic rings. The van der Waals surface area contributed by atoms with Gasteiger partial charge in [0.25, 0.3) is 5.69 Å². The first kappa shape index (κ1) is 46.1. The van der Waals surface area contributed by atoms with E-state index in [1.54, 1.807) is 30.5 Å². The van der Waals surface area contributed by atoms with Crippen molar-refractivity contribution in [2.45, 2.75) is 57.0 Å². The fourth-order valence-corrected chi connectivity index (χ4v) is 10.3. The molecule has 3 aromatic carbocycles. The van der Waals surface area contributed by atoms with Crippen LogP contribution in [0.15, 0.2) is 89.6 Å². The zero-order valence-corrected chi connectivity index (χ0v) is 37.6. The van der Waals surface area contributed by atoms with E-state index in [4.69, 9.17) is 21.1 Å². The van der Waals surface area contributed by atoms with Crippen LogP contribution in [0.5, 0.6) is 11.5 Å². The van der Waals surface area contributed by atoms with E-state index in [0.717, 1.165) is 54.0 Å². The quantitative estimate of drug-likeness (QED) is 0.0620. The molecule has 18 heteroatoms. The molecule has 8 rings (SSSR count). The van der Waals surface area contributed by atoms with Crippen molar-refractivity contribution >= 4 is 60.9 Å². The van der Waals surface area contributed by atoms with Crippen LogP contribution in [0.1, 0.15) is 67.4 Å². The number of ketones is 1. The zero-order chi connectivity index (χ0) is 46.1. The van der Waals surface area contributed by atoms with Gasteiger partial charge in [-0.2, -0.15) is 13.2 Å². The number of nitro benzene ring substituents is 1. The fourth-order valence-electron chi connectivity index (χ4n) is 8.85. The number of nitrogens with zero attached hydrogens (tertiary/aromatic N) is 4. The number of Topliss-reactive ketones (excluding diaryl/α,β-unsaturated/α-hetero) is 1. The van der Waals surface area contributed by atoms with E-state index >= 15 is 0 Å². The number of sulfone groups is 1. The van der Waals surface area contributed by atoms with Gasteiger partial charge in [0, 0.05) is 81.9 Å². The molecule has 4 heterocycles. The molecule has 0 radical (unpaired) electrons. The third-order valence-electron chi connectivity index (χ3n) is 12.6. The summed E-state index contributed by atoms with van der Waals surface area (Å²) in [4.78, 5) is 37.0. The Bertz CT molecular complexity index is 2750. The molecule has 0 spiro atoms. The Morgan fingerprint density at radius 2 is 1.82 bits per heavy atom. The highest BCUT2D eigenvalue weighted by molar-refractivity contribution is 7.92. The molecular weight excluding hydrogens is 885 g/mol. The number of nitrogens with one attached hydrogen (secondary N) is 2. The lowest BCUT2D eigenvalue weighted by molar-refractivity contribution is -0.384. The van der Waals surface area contributed by atoms with Gasteiger partial charge in [-0.1, -0.05) is 37.1 Å². The van der Waals surface area contributed by atoms with Crippen LogP contribution in [0.2, 0.25) is 5.02 Å². The number of pyridine rings is 1. The molecule has 13 nitrogen and oxygen atoms in total. The summed E-state index contributed by atoms with van der Waals surface area (Å²) in [6.45, 7) is 9.03. The van der Waals surface area contributed by atoms with Gasteiger partial charge in [-0.3, -0.25) is 19.8 Å². The number of anilines is 2. The van der Waals surface area contributed by atoms with Crippen molar-refractivity contribution in [2.75, 3.05) is 68.5 Å². The van der Waals surface area contributed by atoms with Gasteiger partial charge in [-0.15, -0.1) is 0 Å². The maximum absolute atomic E-state index is 14.0. The Morgan fingerprint density at radius 3 is 2.55 bits per heavy atom. The van der Waals surface area contributed by atoms with Gasteiger partial charge in [0.15, 0.2) is 15.6 Å². The summed E-state index contributed by atoms with van der Waals surface area (Å²) in [5, 5.41) is 15.6. The lowest BCUT2D eigenvalue weighted by Crippen LogP contribution is -2.47. The molecule has 2 aromatic heterocycles. The van der Waals surface area contributed by atoms with Crippen molar-refractivity contribution in [2.24, 2.45) is 11.3 Å². The van der Waals surface area contributed by atoms with Crippen molar-refractivity contribution in [3.63, 3.8) is 0 Å². The molecule has 1 aliphatic carbocycles. The molecule has 0 saturated carbocycles. The van der Waals surface area contributed by atoms with Crippen LogP contribution < -0.4 is 15.0 Å². The Morgan fingerprint density at radius 1 is 1.05 bits per heavy atom. The molecule has 65 heavy (non-hydrogen) atoms. The Labute approximate surface area is 380 Å². The number of hydrogen-bond acceptors (Lipinski definition) is 11. The van der Waals surface area contributed by atoms with Crippen LogP contribution in [0.4, 0.5) is 30.2 Å². The van der Waals surface area contributed by atoms with E-state index in [2.05, 4.69) is 38.9 Å². The number of aromatic nitrogens is 2. The average Bonchev–Trinajstić information content (AvgIpc) is 3.74. The summed E-state index contributed by atoms with van der Waals surface area (Å²) < 4.78 is 80.9. The van der Waals surface area contributed by atoms with Crippen LogP contribution >= 0.6 is 11.6 Å². The van der Waals surface area contributed by atoms with E-state index in [1.165, 1.54) is 36.5 Å². The number of halogens is 4. The predicted molar refractivity (Wildman–Crippen MR) is 244 cm³/mol. The first-order valence-electron chi connectivity index (χ1n) is 21.6. The van der Waals surface area contributed by atoms with Gasteiger partial charge in [0.1, 0.15) is 28.6 Å². The van der Waals surface area contributed by atoms with Crippen molar-refractivity contribution < 1.29 is 40.8 Å². The number of benzene rings is 3. The third-order valence-corrected chi connectivity index (χ3v) is 14.5. The lowest BCUT2D eigenvalue weighted by Gasteiger charge is -2.39. The number of carbonyl (C=O) groups is 1. The first-order valence-corrected chi connectivity index (χ1v) is 23.6. The number of piperazine rings is 1. The molecule has 0 unspecified atom stereocenters. The van der Waals surface area contributed by atoms with Crippen molar-refractivity contribution in [3.8, 4) is 11.5 Å². The lowest BCUT2D eigenvalue weighted by atomic mass is 9.72. The summed E-state index contributed by atoms with van der Waals surface area (Å²) >= 11 is 5.99. The highest BCUT2D eigenvalue weighted by Crippen LogP contribution is 2.45. The van der Waals surface area contributed by atoms with E-state index in [0.29, 0.717) is 75.9 Å². The minimum atomic E-state index is -4.57. The zero-order valence-electron chi connectivity index (χ0n) is 36.0. The second kappa shape index (κ2) is 18.8. The maximum Gasteiger partial charge on any atom is 0.417 e. The summed E-state index contributed by atoms with van der Waals surface area (Å²) in [5.41, 5.74) is 2.80. The van der Waals surface area contributed by atoms with E-state index in [9.17, 15) is 36.5 Å². The minimum absolute atomic E-state index is 0.00458. The topological polar surface area (TPSA) is 160 Å². The average molecular weight is 935 g/mol. The Balaban J connectivity index is 1.01. The number of allylic oxidation sites excluding steroid dienone is 1. The summed E-state index contributed by atoms with van der Waals surface area (Å²) in [7, 11) is -4.36. The first-order chi connectivity index (χ1) is 30.9. The van der Waals surface area contributed by atoms with Crippen LogP contribution in [-0.2, 0) is 20.8 Å². The molecule has 2 N–H and O–H groups in total. The largest absolute Gasteiger partial charge is 0.455 e. The van der Waals surface area contributed by atoms with Gasteiger partial charge >= 0.3 is 6.18 Å². The SMILES string of the molecule is CC1(C)CCC(CN2CCN(c3ccc(C(=O)CS(=O)(=O)c4ccc(NCC5CCOCC5)c([N+](=O)[O-])c4)c(Oc4cnc5[nH]ccc5c4)c3)CC2)=C(c2ccc(Cl)c(C(F)(F)F)c2)C1. The normalized spacial score (nSPS) is 17.7. The van der Waals surface area contributed by atoms with Crippen molar-refractivity contribution in [1.82, 2.24) is 14.9 Å². The summed E-state index contributed by atoms with van der Waals surface area (Å²) in [6.07, 6.45) is 2.58. The number of carbonyl (C=O) groups excluding carboxylic acids is 1. The van der Waals surface area contributed by atoms with Gasteiger partial charge < -0.3 is 24.7 Å². The van der Waals surface area contributed by atoms with Crippen LogP contribution in [-0.4, -0.2) is 92.2 Å². The highest BCUT2D eigenvalue weighted by Gasteiger charge is 2.36. The second-order valence-electron chi connectivity index (χ2n) is 17.8. The molecule has 344 valence electrons. The molecule has 0 bridgehead atoms. The number of hydrogen-bond donors (Lipinski definition) is 2. The monoisotopic (exact) mass is 934 g/mol.